The van der Waals surface area contributed by atoms with Crippen molar-refractivity contribution in [1.82, 2.24) is 19.8 Å². The van der Waals surface area contributed by atoms with Crippen molar-refractivity contribution in [2.75, 3.05) is 13.1 Å². The van der Waals surface area contributed by atoms with Gasteiger partial charge in [0.15, 0.2) is 0 Å². The lowest BCUT2D eigenvalue weighted by Crippen LogP contribution is -2.36. The van der Waals surface area contributed by atoms with E-state index in [1.54, 1.807) is 24.2 Å². The Labute approximate surface area is 161 Å². The molecule has 0 saturated carbocycles. The van der Waals surface area contributed by atoms with Crippen molar-refractivity contribution in [3.05, 3.63) is 47.5 Å². The van der Waals surface area contributed by atoms with E-state index >= 15 is 0 Å². The Morgan fingerprint density at radius 2 is 2.15 bits per heavy atom. The highest BCUT2D eigenvalue weighted by Crippen LogP contribution is 2.34. The summed E-state index contributed by atoms with van der Waals surface area (Å²) in [7, 11) is 0. The second-order valence-corrected chi connectivity index (χ2v) is 7.83. The average Bonchev–Trinajstić information content (AvgIpc) is 3.25. The van der Waals surface area contributed by atoms with E-state index in [1.807, 2.05) is 18.2 Å². The molecule has 2 aliphatic heterocycles. The van der Waals surface area contributed by atoms with Gasteiger partial charge in [0.2, 0.25) is 11.8 Å². The maximum atomic E-state index is 13.1. The van der Waals surface area contributed by atoms with Crippen LogP contribution in [-0.2, 0) is 22.6 Å². The number of carbonyl (C=O) groups is 3. The fraction of sp³-hybridized carbons (Fsp3) is 0.368. The Morgan fingerprint density at radius 3 is 2.93 bits per heavy atom. The SMILES string of the molecule is CCN1C(=O)C[C@@H](Sc2ccccc2C(=O)N2CCc3nc[nH]c3C2)C1=O. The Morgan fingerprint density at radius 1 is 1.33 bits per heavy atom. The number of imidazole rings is 1. The topological polar surface area (TPSA) is 86.4 Å². The van der Waals surface area contributed by atoms with Crippen LogP contribution in [0, 0.1) is 0 Å². The zero-order valence-corrected chi connectivity index (χ0v) is 15.8. The van der Waals surface area contributed by atoms with Gasteiger partial charge in [-0.3, -0.25) is 19.3 Å². The van der Waals surface area contributed by atoms with Crippen molar-refractivity contribution in [2.24, 2.45) is 0 Å². The lowest BCUT2D eigenvalue weighted by atomic mass is 10.1. The number of amides is 3. The predicted molar refractivity (Wildman–Crippen MR) is 100 cm³/mol. The van der Waals surface area contributed by atoms with Crippen molar-refractivity contribution in [3.63, 3.8) is 0 Å². The van der Waals surface area contributed by atoms with Crippen LogP contribution in [0.15, 0.2) is 35.5 Å². The molecule has 27 heavy (non-hydrogen) atoms. The zero-order valence-electron chi connectivity index (χ0n) is 15.0. The maximum absolute atomic E-state index is 13.1. The molecular weight excluding hydrogens is 364 g/mol. The molecule has 7 nitrogen and oxygen atoms in total. The van der Waals surface area contributed by atoms with E-state index in [4.69, 9.17) is 0 Å². The molecule has 3 heterocycles. The van der Waals surface area contributed by atoms with E-state index in [9.17, 15) is 14.4 Å². The van der Waals surface area contributed by atoms with Gasteiger partial charge in [-0.1, -0.05) is 12.1 Å². The smallest absolute Gasteiger partial charge is 0.255 e. The van der Waals surface area contributed by atoms with Crippen molar-refractivity contribution in [3.8, 4) is 0 Å². The first-order valence-corrected chi connectivity index (χ1v) is 9.86. The molecule has 2 aromatic rings. The Balaban J connectivity index is 1.54. The van der Waals surface area contributed by atoms with Crippen molar-refractivity contribution in [1.29, 1.82) is 0 Å². The van der Waals surface area contributed by atoms with Crippen LogP contribution in [0.4, 0.5) is 0 Å². The minimum atomic E-state index is -0.466. The molecule has 1 aromatic heterocycles. The van der Waals surface area contributed by atoms with Crippen LogP contribution >= 0.6 is 11.8 Å². The summed E-state index contributed by atoms with van der Waals surface area (Å²) in [4.78, 5) is 48.7. The number of fused-ring (bicyclic) bond motifs is 1. The number of benzene rings is 1. The standard InChI is InChI=1S/C19H20N4O3S/c1-2-23-17(24)9-16(19(23)26)27-15-6-4-3-5-12(15)18(25)22-8-7-13-14(10-22)21-11-20-13/h3-6,11,16H,2,7-10H2,1H3,(H,20,21)/t16-/m1/s1. The highest BCUT2D eigenvalue weighted by molar-refractivity contribution is 8.00. The molecule has 0 aliphatic carbocycles. The summed E-state index contributed by atoms with van der Waals surface area (Å²) in [5.74, 6) is -0.385. The van der Waals surface area contributed by atoms with Crippen LogP contribution in [0.25, 0.3) is 0 Å². The van der Waals surface area contributed by atoms with Gasteiger partial charge in [-0.25, -0.2) is 4.98 Å². The predicted octanol–water partition coefficient (Wildman–Crippen LogP) is 1.85. The molecule has 0 unspecified atom stereocenters. The molecule has 1 saturated heterocycles. The average molecular weight is 384 g/mol. The number of rotatable bonds is 4. The van der Waals surface area contributed by atoms with Gasteiger partial charge in [0.1, 0.15) is 0 Å². The molecule has 8 heteroatoms. The number of nitrogens with zero attached hydrogens (tertiary/aromatic N) is 3. The second-order valence-electron chi connectivity index (χ2n) is 6.59. The van der Waals surface area contributed by atoms with Gasteiger partial charge in [-0.2, -0.15) is 0 Å². The molecule has 140 valence electrons. The molecule has 2 aliphatic rings. The third-order valence-corrected chi connectivity index (χ3v) is 6.23. The summed E-state index contributed by atoms with van der Waals surface area (Å²) in [6.07, 6.45) is 2.56. The number of likely N-dealkylation sites (tertiary alicyclic amines) is 1. The minimum Gasteiger partial charge on any atom is -0.347 e. The van der Waals surface area contributed by atoms with Crippen molar-refractivity contribution >= 4 is 29.5 Å². The third kappa shape index (κ3) is 3.25. The molecule has 0 spiro atoms. The first-order chi connectivity index (χ1) is 13.1. The van der Waals surface area contributed by atoms with Gasteiger partial charge < -0.3 is 9.88 Å². The summed E-state index contributed by atoms with van der Waals surface area (Å²) in [6, 6.07) is 7.30. The quantitative estimate of drug-likeness (QED) is 0.813. The number of thioether (sulfide) groups is 1. The van der Waals surface area contributed by atoms with Gasteiger partial charge in [0, 0.05) is 30.8 Å². The van der Waals surface area contributed by atoms with E-state index < -0.39 is 5.25 Å². The number of nitrogens with one attached hydrogen (secondary N) is 1. The highest BCUT2D eigenvalue weighted by Gasteiger charge is 2.38. The van der Waals surface area contributed by atoms with Gasteiger partial charge in [-0.05, 0) is 19.1 Å². The van der Waals surface area contributed by atoms with Crippen LogP contribution in [-0.4, -0.2) is 55.8 Å². The number of aromatic amines is 1. The molecule has 3 amide bonds. The molecule has 1 atom stereocenters. The highest BCUT2D eigenvalue weighted by atomic mass is 32.2. The minimum absolute atomic E-state index is 0.0672. The maximum Gasteiger partial charge on any atom is 0.255 e. The Hall–Kier alpha value is -2.61. The lowest BCUT2D eigenvalue weighted by molar-refractivity contribution is -0.137. The van der Waals surface area contributed by atoms with E-state index in [-0.39, 0.29) is 24.1 Å². The van der Waals surface area contributed by atoms with E-state index in [1.165, 1.54) is 16.7 Å². The molecule has 1 aromatic carbocycles. The lowest BCUT2D eigenvalue weighted by Gasteiger charge is -2.27. The normalized spacial score (nSPS) is 19.5. The largest absolute Gasteiger partial charge is 0.347 e. The van der Waals surface area contributed by atoms with Crippen molar-refractivity contribution in [2.45, 2.75) is 36.5 Å². The number of imide groups is 1. The van der Waals surface area contributed by atoms with Crippen LogP contribution in [0.3, 0.4) is 0 Å². The summed E-state index contributed by atoms with van der Waals surface area (Å²) in [5, 5.41) is -0.466. The van der Waals surface area contributed by atoms with E-state index in [0.717, 1.165) is 22.7 Å². The number of H-pyrrole nitrogens is 1. The first-order valence-electron chi connectivity index (χ1n) is 8.98. The first kappa shape index (κ1) is 17.8. The Bertz CT molecular complexity index is 910. The number of hydrogen-bond donors (Lipinski definition) is 1. The van der Waals surface area contributed by atoms with Crippen LogP contribution < -0.4 is 0 Å². The van der Waals surface area contributed by atoms with Crippen LogP contribution in [0.5, 0.6) is 0 Å². The Kier molecular flexibility index (Phi) is 4.73. The van der Waals surface area contributed by atoms with Crippen LogP contribution in [0.1, 0.15) is 35.1 Å². The van der Waals surface area contributed by atoms with Crippen molar-refractivity contribution < 1.29 is 14.4 Å². The second kappa shape index (κ2) is 7.19. The number of aromatic nitrogens is 2. The molecule has 1 N–H and O–H groups in total. The fourth-order valence-corrected chi connectivity index (χ4v) is 4.73. The summed E-state index contributed by atoms with van der Waals surface area (Å²) < 4.78 is 0. The molecule has 0 radical (unpaired) electrons. The monoisotopic (exact) mass is 384 g/mol. The van der Waals surface area contributed by atoms with Gasteiger partial charge in [-0.15, -0.1) is 11.8 Å². The molecule has 4 rings (SSSR count). The van der Waals surface area contributed by atoms with E-state index in [2.05, 4.69) is 9.97 Å². The fourth-order valence-electron chi connectivity index (χ4n) is 3.53. The van der Waals surface area contributed by atoms with Gasteiger partial charge in [0.05, 0.1) is 35.1 Å². The third-order valence-electron chi connectivity index (χ3n) is 4.97. The molecule has 1 fully saturated rings. The van der Waals surface area contributed by atoms with Crippen LogP contribution in [0.2, 0.25) is 0 Å². The number of hydrogen-bond acceptors (Lipinski definition) is 5. The van der Waals surface area contributed by atoms with Gasteiger partial charge in [0.25, 0.3) is 5.91 Å². The summed E-state index contributed by atoms with van der Waals surface area (Å²) in [5.41, 5.74) is 2.55. The zero-order chi connectivity index (χ0) is 19.0. The van der Waals surface area contributed by atoms with Gasteiger partial charge >= 0.3 is 0 Å². The number of carbonyl (C=O) groups excluding carboxylic acids is 3. The molecule has 0 bridgehead atoms. The summed E-state index contributed by atoms with van der Waals surface area (Å²) >= 11 is 1.31. The summed E-state index contributed by atoms with van der Waals surface area (Å²) in [6.45, 7) is 3.29. The van der Waals surface area contributed by atoms with E-state index in [0.29, 0.717) is 25.2 Å². The molecular formula is C19H20N4O3S.